The highest BCUT2D eigenvalue weighted by molar-refractivity contribution is 6.22. The Morgan fingerprint density at radius 2 is 1.84 bits per heavy atom. The Morgan fingerprint density at radius 1 is 1.11 bits per heavy atom. The van der Waals surface area contributed by atoms with Crippen LogP contribution in [-0.4, -0.2) is 11.8 Å². The quantitative estimate of drug-likeness (QED) is 0.725. The molecule has 1 aromatic carbocycles. The number of amides is 2. The molecule has 0 spiro atoms. The molecule has 1 aromatic rings. The molecule has 1 aliphatic heterocycles. The van der Waals surface area contributed by atoms with Gasteiger partial charge in [-0.1, -0.05) is 19.1 Å². The highest BCUT2D eigenvalue weighted by atomic mass is 16.2. The van der Waals surface area contributed by atoms with Crippen LogP contribution >= 0.6 is 0 Å². The first-order valence-corrected chi connectivity index (χ1v) is 7.02. The minimum absolute atomic E-state index is 0.00662. The minimum atomic E-state index is -0.0863. The first kappa shape index (κ1) is 12.4. The van der Waals surface area contributed by atoms with Crippen molar-refractivity contribution in [3.8, 4) is 0 Å². The second-order valence-electron chi connectivity index (χ2n) is 5.98. The molecule has 1 saturated heterocycles. The van der Waals surface area contributed by atoms with E-state index >= 15 is 0 Å². The lowest BCUT2D eigenvalue weighted by molar-refractivity contribution is -0.122. The molecule has 3 rings (SSSR count). The van der Waals surface area contributed by atoms with E-state index < -0.39 is 0 Å². The summed E-state index contributed by atoms with van der Waals surface area (Å²) in [5.74, 6) is 0.399. The topological polar surface area (TPSA) is 37.4 Å². The molecule has 19 heavy (non-hydrogen) atoms. The van der Waals surface area contributed by atoms with Gasteiger partial charge in [0.2, 0.25) is 11.8 Å². The molecule has 0 bridgehead atoms. The Hall–Kier alpha value is -1.64. The zero-order chi connectivity index (χ0) is 13.6. The standard InChI is InChI=1S/C16H19NO2/c1-10-4-3-5-12(8-10)17-15(18)13-7-6-11(2)9-14(13)16(17)19/h3-5,8,11,13-14H,6-7,9H2,1-2H3/t11-,13-,14+/m0/s1. The van der Waals surface area contributed by atoms with Gasteiger partial charge in [-0.05, 0) is 49.8 Å². The summed E-state index contributed by atoms with van der Waals surface area (Å²) in [6.07, 6.45) is 2.78. The number of anilines is 1. The average Bonchev–Trinajstić information content (AvgIpc) is 2.61. The molecule has 2 amide bonds. The van der Waals surface area contributed by atoms with Gasteiger partial charge in [-0.15, -0.1) is 0 Å². The Balaban J connectivity index is 1.95. The van der Waals surface area contributed by atoms with Gasteiger partial charge in [0.05, 0.1) is 17.5 Å². The highest BCUT2D eigenvalue weighted by Crippen LogP contribution is 2.42. The molecule has 2 aliphatic rings. The lowest BCUT2D eigenvalue weighted by atomic mass is 9.76. The Kier molecular flexibility index (Phi) is 2.92. The lowest BCUT2D eigenvalue weighted by Gasteiger charge is -2.25. The third-order valence-electron chi connectivity index (χ3n) is 4.45. The van der Waals surface area contributed by atoms with Crippen molar-refractivity contribution in [1.82, 2.24) is 0 Å². The van der Waals surface area contributed by atoms with Crippen molar-refractivity contribution in [2.24, 2.45) is 17.8 Å². The van der Waals surface area contributed by atoms with Gasteiger partial charge in [0.1, 0.15) is 0 Å². The van der Waals surface area contributed by atoms with Crippen molar-refractivity contribution < 1.29 is 9.59 Å². The maximum absolute atomic E-state index is 12.5. The van der Waals surface area contributed by atoms with E-state index in [1.807, 2.05) is 31.2 Å². The number of hydrogen-bond donors (Lipinski definition) is 0. The summed E-state index contributed by atoms with van der Waals surface area (Å²) in [5.41, 5.74) is 1.80. The Labute approximate surface area is 113 Å². The summed E-state index contributed by atoms with van der Waals surface area (Å²) in [6.45, 7) is 4.15. The van der Waals surface area contributed by atoms with E-state index in [4.69, 9.17) is 0 Å². The fraction of sp³-hybridized carbons (Fsp3) is 0.500. The second kappa shape index (κ2) is 4.48. The monoisotopic (exact) mass is 257 g/mol. The predicted molar refractivity (Wildman–Crippen MR) is 73.7 cm³/mol. The molecule has 1 heterocycles. The largest absolute Gasteiger partial charge is 0.274 e. The average molecular weight is 257 g/mol. The van der Waals surface area contributed by atoms with Crippen molar-refractivity contribution in [3.05, 3.63) is 29.8 Å². The van der Waals surface area contributed by atoms with Crippen molar-refractivity contribution in [1.29, 1.82) is 0 Å². The molecule has 2 fully saturated rings. The fourth-order valence-corrected chi connectivity index (χ4v) is 3.41. The van der Waals surface area contributed by atoms with Gasteiger partial charge in [0, 0.05) is 0 Å². The van der Waals surface area contributed by atoms with Gasteiger partial charge in [-0.25, -0.2) is 0 Å². The normalized spacial score (nSPS) is 30.6. The number of hydrogen-bond acceptors (Lipinski definition) is 2. The third-order valence-corrected chi connectivity index (χ3v) is 4.45. The number of aryl methyl sites for hydroxylation is 1. The van der Waals surface area contributed by atoms with Crippen LogP contribution in [0.25, 0.3) is 0 Å². The maximum atomic E-state index is 12.5. The molecule has 100 valence electrons. The van der Waals surface area contributed by atoms with Crippen LogP contribution in [-0.2, 0) is 9.59 Å². The summed E-state index contributed by atoms with van der Waals surface area (Å²) in [7, 11) is 0. The van der Waals surface area contributed by atoms with E-state index in [2.05, 4.69) is 6.92 Å². The Bertz CT molecular complexity index is 537. The van der Waals surface area contributed by atoms with Crippen LogP contribution in [0.1, 0.15) is 31.7 Å². The molecule has 0 aromatic heterocycles. The molecule has 1 saturated carbocycles. The van der Waals surface area contributed by atoms with E-state index in [-0.39, 0.29) is 23.7 Å². The molecule has 3 heteroatoms. The summed E-state index contributed by atoms with van der Waals surface area (Å²) < 4.78 is 0. The molecular formula is C16H19NO2. The first-order valence-electron chi connectivity index (χ1n) is 7.02. The molecule has 0 unspecified atom stereocenters. The number of imide groups is 1. The number of nitrogens with zero attached hydrogens (tertiary/aromatic N) is 1. The predicted octanol–water partition coefficient (Wildman–Crippen LogP) is 2.92. The minimum Gasteiger partial charge on any atom is -0.274 e. The van der Waals surface area contributed by atoms with Gasteiger partial charge in [-0.3, -0.25) is 14.5 Å². The van der Waals surface area contributed by atoms with E-state index in [1.54, 1.807) is 0 Å². The molecule has 1 aliphatic carbocycles. The SMILES string of the molecule is Cc1cccc(N2C(=O)[C@H]3CC[C@H](C)C[C@H]3C2=O)c1. The van der Waals surface area contributed by atoms with Crippen LogP contribution in [0.3, 0.4) is 0 Å². The number of benzene rings is 1. The molecule has 0 N–H and O–H groups in total. The summed E-state index contributed by atoms with van der Waals surface area (Å²) in [6, 6.07) is 7.64. The van der Waals surface area contributed by atoms with Crippen LogP contribution < -0.4 is 4.90 Å². The maximum Gasteiger partial charge on any atom is 0.237 e. The number of carbonyl (C=O) groups is 2. The van der Waals surface area contributed by atoms with E-state index in [0.717, 1.165) is 30.5 Å². The fourth-order valence-electron chi connectivity index (χ4n) is 3.41. The van der Waals surface area contributed by atoms with E-state index in [0.29, 0.717) is 5.92 Å². The number of fused-ring (bicyclic) bond motifs is 1. The summed E-state index contributed by atoms with van der Waals surface area (Å²) >= 11 is 0. The van der Waals surface area contributed by atoms with Crippen molar-refractivity contribution in [2.75, 3.05) is 4.90 Å². The molecular weight excluding hydrogens is 238 g/mol. The summed E-state index contributed by atoms with van der Waals surface area (Å²) in [4.78, 5) is 26.4. The smallest absolute Gasteiger partial charge is 0.237 e. The van der Waals surface area contributed by atoms with Gasteiger partial charge in [0.15, 0.2) is 0 Å². The molecule has 3 atom stereocenters. The zero-order valence-corrected chi connectivity index (χ0v) is 11.4. The van der Waals surface area contributed by atoms with Gasteiger partial charge >= 0.3 is 0 Å². The van der Waals surface area contributed by atoms with Crippen LogP contribution in [0, 0.1) is 24.7 Å². The zero-order valence-electron chi connectivity index (χ0n) is 11.4. The second-order valence-corrected chi connectivity index (χ2v) is 5.98. The van der Waals surface area contributed by atoms with Crippen LogP contribution in [0.5, 0.6) is 0 Å². The molecule has 0 radical (unpaired) electrons. The summed E-state index contributed by atoms with van der Waals surface area (Å²) in [5, 5.41) is 0. The van der Waals surface area contributed by atoms with Gasteiger partial charge in [0.25, 0.3) is 0 Å². The third kappa shape index (κ3) is 1.97. The Morgan fingerprint density at radius 3 is 2.58 bits per heavy atom. The van der Waals surface area contributed by atoms with Crippen LogP contribution in [0.4, 0.5) is 5.69 Å². The highest BCUT2D eigenvalue weighted by Gasteiger charge is 2.49. The van der Waals surface area contributed by atoms with Crippen LogP contribution in [0.15, 0.2) is 24.3 Å². The van der Waals surface area contributed by atoms with E-state index in [9.17, 15) is 9.59 Å². The van der Waals surface area contributed by atoms with Gasteiger partial charge < -0.3 is 0 Å². The van der Waals surface area contributed by atoms with Crippen molar-refractivity contribution in [3.63, 3.8) is 0 Å². The van der Waals surface area contributed by atoms with Crippen molar-refractivity contribution >= 4 is 17.5 Å². The number of carbonyl (C=O) groups excluding carboxylic acids is 2. The lowest BCUT2D eigenvalue weighted by Crippen LogP contribution is -2.30. The number of rotatable bonds is 1. The first-order chi connectivity index (χ1) is 9.08. The molecule has 3 nitrogen and oxygen atoms in total. The van der Waals surface area contributed by atoms with Gasteiger partial charge in [-0.2, -0.15) is 0 Å². The van der Waals surface area contributed by atoms with E-state index in [1.165, 1.54) is 4.90 Å². The van der Waals surface area contributed by atoms with Crippen LogP contribution in [0.2, 0.25) is 0 Å². The van der Waals surface area contributed by atoms with Crippen molar-refractivity contribution in [2.45, 2.75) is 33.1 Å².